The van der Waals surface area contributed by atoms with Gasteiger partial charge >= 0.3 is 0 Å². The predicted octanol–water partition coefficient (Wildman–Crippen LogP) is 3.34. The summed E-state index contributed by atoms with van der Waals surface area (Å²) < 4.78 is 5.20. The molecule has 0 aromatic heterocycles. The van der Waals surface area contributed by atoms with Gasteiger partial charge in [-0.05, 0) is 43.6 Å². The number of rotatable bonds is 6. The van der Waals surface area contributed by atoms with Crippen molar-refractivity contribution >= 4 is 24.0 Å². The van der Waals surface area contributed by atoms with Gasteiger partial charge in [0.25, 0.3) is 0 Å². The molecular formula is C15H24Cl2N2O. The summed E-state index contributed by atoms with van der Waals surface area (Å²) in [4.78, 5) is 2.55. The Morgan fingerprint density at radius 2 is 2.25 bits per heavy atom. The molecule has 0 bridgehead atoms. The molecule has 1 unspecified atom stereocenters. The second-order valence-corrected chi connectivity index (χ2v) is 5.49. The van der Waals surface area contributed by atoms with Gasteiger partial charge in [-0.15, -0.1) is 12.4 Å². The van der Waals surface area contributed by atoms with Gasteiger partial charge in [-0.25, -0.2) is 0 Å². The number of methoxy groups -OCH3 is 1. The van der Waals surface area contributed by atoms with Gasteiger partial charge in [0.15, 0.2) is 0 Å². The van der Waals surface area contributed by atoms with Crippen LogP contribution in [0, 0.1) is 0 Å². The summed E-state index contributed by atoms with van der Waals surface area (Å²) in [6, 6.07) is 6.73. The van der Waals surface area contributed by atoms with E-state index in [-0.39, 0.29) is 12.4 Å². The van der Waals surface area contributed by atoms with Gasteiger partial charge in [0.05, 0.1) is 12.1 Å². The highest BCUT2D eigenvalue weighted by Crippen LogP contribution is 2.26. The molecule has 114 valence electrons. The number of hydrogen-bond acceptors (Lipinski definition) is 3. The first-order chi connectivity index (χ1) is 9.24. The Bertz CT molecular complexity index is 409. The highest BCUT2D eigenvalue weighted by molar-refractivity contribution is 6.32. The van der Waals surface area contributed by atoms with Crippen LogP contribution in [0.1, 0.15) is 25.3 Å². The van der Waals surface area contributed by atoms with E-state index in [1.807, 2.05) is 12.1 Å². The van der Waals surface area contributed by atoms with Crippen LogP contribution in [0.5, 0.6) is 5.75 Å². The number of benzene rings is 1. The first-order valence-electron chi connectivity index (χ1n) is 7.01. The molecule has 5 heteroatoms. The maximum absolute atomic E-state index is 6.19. The minimum Gasteiger partial charge on any atom is -0.495 e. The van der Waals surface area contributed by atoms with Crippen LogP contribution in [0.4, 0.5) is 0 Å². The van der Waals surface area contributed by atoms with E-state index in [0.717, 1.165) is 31.9 Å². The third-order valence-corrected chi connectivity index (χ3v) is 3.96. The Balaban J connectivity index is 0.00000200. The lowest BCUT2D eigenvalue weighted by Crippen LogP contribution is -2.36. The van der Waals surface area contributed by atoms with Gasteiger partial charge in [-0.2, -0.15) is 0 Å². The Morgan fingerprint density at radius 1 is 1.45 bits per heavy atom. The fourth-order valence-corrected chi connectivity index (χ4v) is 2.95. The van der Waals surface area contributed by atoms with Crippen molar-refractivity contribution < 1.29 is 4.74 Å². The van der Waals surface area contributed by atoms with Crippen molar-refractivity contribution in [3.8, 4) is 5.75 Å². The van der Waals surface area contributed by atoms with Crippen molar-refractivity contribution in [2.75, 3.05) is 26.7 Å². The van der Waals surface area contributed by atoms with Crippen LogP contribution in [0.15, 0.2) is 18.2 Å². The molecule has 0 saturated carbocycles. The van der Waals surface area contributed by atoms with E-state index in [9.17, 15) is 0 Å². The summed E-state index contributed by atoms with van der Waals surface area (Å²) in [6.07, 6.45) is 2.42. The highest BCUT2D eigenvalue weighted by atomic mass is 35.5. The predicted molar refractivity (Wildman–Crippen MR) is 87.2 cm³/mol. The number of halogens is 2. The quantitative estimate of drug-likeness (QED) is 0.870. The molecule has 1 aromatic carbocycles. The fourth-order valence-electron chi connectivity index (χ4n) is 2.67. The molecule has 3 nitrogen and oxygen atoms in total. The van der Waals surface area contributed by atoms with E-state index in [0.29, 0.717) is 11.1 Å². The summed E-state index contributed by atoms with van der Waals surface area (Å²) in [5.41, 5.74) is 1.26. The van der Waals surface area contributed by atoms with Crippen molar-refractivity contribution in [2.24, 2.45) is 0 Å². The topological polar surface area (TPSA) is 24.5 Å². The lowest BCUT2D eigenvalue weighted by atomic mass is 10.1. The van der Waals surface area contributed by atoms with E-state index in [2.05, 4.69) is 23.2 Å². The van der Waals surface area contributed by atoms with Crippen molar-refractivity contribution in [1.82, 2.24) is 10.2 Å². The van der Waals surface area contributed by atoms with Gasteiger partial charge in [0, 0.05) is 19.1 Å². The summed E-state index contributed by atoms with van der Waals surface area (Å²) in [7, 11) is 1.65. The van der Waals surface area contributed by atoms with E-state index >= 15 is 0 Å². The van der Waals surface area contributed by atoms with Crippen molar-refractivity contribution in [1.29, 1.82) is 0 Å². The molecule has 1 saturated heterocycles. The molecule has 20 heavy (non-hydrogen) atoms. The van der Waals surface area contributed by atoms with Crippen LogP contribution in [0.3, 0.4) is 0 Å². The van der Waals surface area contributed by atoms with Crippen LogP contribution in [0.2, 0.25) is 5.02 Å². The SMILES string of the molecule is CCCN(Cc1ccc(OC)c(Cl)c1)C1CCNC1.Cl. The van der Waals surface area contributed by atoms with Gasteiger partial charge in [-0.3, -0.25) is 4.90 Å². The van der Waals surface area contributed by atoms with Crippen LogP contribution >= 0.6 is 24.0 Å². The zero-order valence-corrected chi connectivity index (χ0v) is 13.8. The molecule has 1 fully saturated rings. The van der Waals surface area contributed by atoms with Crippen molar-refractivity contribution in [3.63, 3.8) is 0 Å². The molecule has 0 radical (unpaired) electrons. The Labute approximate surface area is 133 Å². The molecule has 1 heterocycles. The second-order valence-electron chi connectivity index (χ2n) is 5.09. The summed E-state index contributed by atoms with van der Waals surface area (Å²) in [5.74, 6) is 0.745. The molecular weight excluding hydrogens is 295 g/mol. The van der Waals surface area contributed by atoms with Crippen LogP contribution in [-0.2, 0) is 6.54 Å². The molecule has 0 spiro atoms. The zero-order valence-electron chi connectivity index (χ0n) is 12.2. The van der Waals surface area contributed by atoms with Crippen molar-refractivity contribution in [2.45, 2.75) is 32.4 Å². The van der Waals surface area contributed by atoms with Gasteiger partial charge in [0.1, 0.15) is 5.75 Å². The van der Waals surface area contributed by atoms with Crippen LogP contribution in [-0.4, -0.2) is 37.7 Å². The molecule has 2 rings (SSSR count). The van der Waals surface area contributed by atoms with E-state index in [1.165, 1.54) is 18.4 Å². The molecule has 0 amide bonds. The Morgan fingerprint density at radius 3 is 2.80 bits per heavy atom. The minimum absolute atomic E-state index is 0. The molecule has 1 aromatic rings. The van der Waals surface area contributed by atoms with E-state index in [4.69, 9.17) is 16.3 Å². The minimum atomic E-state index is 0. The largest absolute Gasteiger partial charge is 0.495 e. The average molecular weight is 319 g/mol. The lowest BCUT2D eigenvalue weighted by Gasteiger charge is -2.28. The normalized spacial score (nSPS) is 18.1. The van der Waals surface area contributed by atoms with Crippen molar-refractivity contribution in [3.05, 3.63) is 28.8 Å². The molecule has 1 N–H and O–H groups in total. The number of ether oxygens (including phenoxy) is 1. The number of hydrogen-bond donors (Lipinski definition) is 1. The highest BCUT2D eigenvalue weighted by Gasteiger charge is 2.21. The average Bonchev–Trinajstić information content (AvgIpc) is 2.92. The lowest BCUT2D eigenvalue weighted by molar-refractivity contribution is 0.199. The molecule has 1 aliphatic heterocycles. The summed E-state index contributed by atoms with van der Waals surface area (Å²) >= 11 is 6.19. The van der Waals surface area contributed by atoms with Gasteiger partial charge in [0.2, 0.25) is 0 Å². The third-order valence-electron chi connectivity index (χ3n) is 3.66. The molecule has 1 aliphatic rings. The number of nitrogens with one attached hydrogen (secondary N) is 1. The third kappa shape index (κ3) is 4.52. The Kier molecular flexibility index (Phi) is 7.67. The molecule has 0 aliphatic carbocycles. The second kappa shape index (κ2) is 8.73. The number of nitrogens with zero attached hydrogens (tertiary/aromatic N) is 1. The van der Waals surface area contributed by atoms with Gasteiger partial charge in [-0.1, -0.05) is 24.6 Å². The van der Waals surface area contributed by atoms with Crippen LogP contribution < -0.4 is 10.1 Å². The van der Waals surface area contributed by atoms with E-state index < -0.39 is 0 Å². The summed E-state index contributed by atoms with van der Waals surface area (Å²) in [5, 5.41) is 4.13. The first-order valence-corrected chi connectivity index (χ1v) is 7.39. The fraction of sp³-hybridized carbons (Fsp3) is 0.600. The summed E-state index contributed by atoms with van der Waals surface area (Å²) in [6.45, 7) is 6.56. The van der Waals surface area contributed by atoms with E-state index in [1.54, 1.807) is 7.11 Å². The monoisotopic (exact) mass is 318 g/mol. The zero-order chi connectivity index (χ0) is 13.7. The standard InChI is InChI=1S/C15H23ClN2O.ClH/c1-3-8-18(13-6-7-17-10-13)11-12-4-5-15(19-2)14(16)9-12;/h4-5,9,13,17H,3,6-8,10-11H2,1-2H3;1H. The first kappa shape index (κ1) is 17.6. The molecule has 1 atom stereocenters. The van der Waals surface area contributed by atoms with Gasteiger partial charge < -0.3 is 10.1 Å². The van der Waals surface area contributed by atoms with Crippen LogP contribution in [0.25, 0.3) is 0 Å². The smallest absolute Gasteiger partial charge is 0.137 e. The Hall–Kier alpha value is -0.480. The maximum atomic E-state index is 6.19. The maximum Gasteiger partial charge on any atom is 0.137 e.